The highest BCUT2D eigenvalue weighted by Crippen LogP contribution is 2.20. The van der Waals surface area contributed by atoms with Crippen LogP contribution < -0.4 is 10.4 Å². The van der Waals surface area contributed by atoms with Gasteiger partial charge in [-0.1, -0.05) is 0 Å². The first-order valence-electron chi connectivity index (χ1n) is 4.85. The van der Waals surface area contributed by atoms with E-state index in [1.165, 1.54) is 11.8 Å². The number of aliphatic carboxylic acids is 1. The lowest BCUT2D eigenvalue weighted by Gasteiger charge is -2.10. The largest absolute Gasteiger partial charge is 0.548 e. The zero-order chi connectivity index (χ0) is 11.3. The van der Waals surface area contributed by atoms with Gasteiger partial charge in [-0.3, -0.25) is 4.79 Å². The second-order valence-electron chi connectivity index (χ2n) is 3.25. The number of esters is 1. The molecule has 0 spiro atoms. The number of ether oxygens (including phenoxy) is 1. The zero-order valence-corrected chi connectivity index (χ0v) is 9.34. The molecule has 0 aromatic rings. The van der Waals surface area contributed by atoms with Crippen LogP contribution in [0.1, 0.15) is 13.3 Å². The van der Waals surface area contributed by atoms with Gasteiger partial charge in [-0.25, -0.2) is 0 Å². The summed E-state index contributed by atoms with van der Waals surface area (Å²) in [7, 11) is 0. The maximum absolute atomic E-state index is 11.0. The highest BCUT2D eigenvalue weighted by molar-refractivity contribution is 8.00. The summed E-state index contributed by atoms with van der Waals surface area (Å²) in [5, 5.41) is 13.5. The predicted molar refractivity (Wildman–Crippen MR) is 54.3 cm³/mol. The Morgan fingerprint density at radius 1 is 1.60 bits per heavy atom. The Balaban J connectivity index is 2.19. The summed E-state index contributed by atoms with van der Waals surface area (Å²) in [6, 6.07) is -0.579. The summed E-state index contributed by atoms with van der Waals surface area (Å²) in [6.45, 7) is 2.73. The maximum Gasteiger partial charge on any atom is 0.315 e. The van der Waals surface area contributed by atoms with Crippen LogP contribution >= 0.6 is 11.8 Å². The highest BCUT2D eigenvalue weighted by atomic mass is 32.2. The van der Waals surface area contributed by atoms with Crippen molar-refractivity contribution in [2.75, 3.05) is 18.9 Å². The van der Waals surface area contributed by atoms with E-state index in [2.05, 4.69) is 5.32 Å². The lowest BCUT2D eigenvalue weighted by atomic mass is 10.2. The van der Waals surface area contributed by atoms with E-state index in [4.69, 9.17) is 4.74 Å². The van der Waals surface area contributed by atoms with Crippen molar-refractivity contribution in [3.63, 3.8) is 0 Å². The minimum absolute atomic E-state index is 0.150. The van der Waals surface area contributed by atoms with E-state index in [1.54, 1.807) is 6.92 Å². The van der Waals surface area contributed by atoms with Crippen molar-refractivity contribution >= 4 is 23.7 Å². The molecule has 6 heteroatoms. The van der Waals surface area contributed by atoms with E-state index < -0.39 is 12.0 Å². The SMILES string of the molecule is CCOC(=O)CSC1CNC(C(=O)[O-])C1. The fourth-order valence-corrected chi connectivity index (χ4v) is 2.40. The number of hydrogen-bond acceptors (Lipinski definition) is 6. The summed E-state index contributed by atoms with van der Waals surface area (Å²) in [5.41, 5.74) is 0. The van der Waals surface area contributed by atoms with Crippen molar-refractivity contribution in [2.45, 2.75) is 24.6 Å². The van der Waals surface area contributed by atoms with Gasteiger partial charge in [0.1, 0.15) is 0 Å². The summed E-state index contributed by atoms with van der Waals surface area (Å²) >= 11 is 1.43. The Bertz CT molecular complexity index is 246. The van der Waals surface area contributed by atoms with Gasteiger partial charge in [-0.05, 0) is 13.3 Å². The number of carbonyl (C=O) groups excluding carboxylic acids is 2. The number of carbonyl (C=O) groups is 2. The number of carboxylic acid groups (broad SMARTS) is 1. The molecular formula is C9H14NO4S-. The van der Waals surface area contributed by atoms with Crippen LogP contribution in [0.15, 0.2) is 0 Å². The van der Waals surface area contributed by atoms with Crippen molar-refractivity contribution in [3.05, 3.63) is 0 Å². The summed E-state index contributed by atoms with van der Waals surface area (Å²) in [5.74, 6) is -1.05. The maximum atomic E-state index is 11.0. The lowest BCUT2D eigenvalue weighted by molar-refractivity contribution is -0.308. The molecule has 2 atom stereocenters. The molecule has 1 N–H and O–H groups in total. The number of thioether (sulfide) groups is 1. The topological polar surface area (TPSA) is 78.5 Å². The fraction of sp³-hybridized carbons (Fsp3) is 0.778. The van der Waals surface area contributed by atoms with Crippen molar-refractivity contribution in [1.82, 2.24) is 5.32 Å². The highest BCUT2D eigenvalue weighted by Gasteiger charge is 2.25. The zero-order valence-electron chi connectivity index (χ0n) is 8.52. The molecule has 1 rings (SSSR count). The molecule has 2 unspecified atom stereocenters. The Hall–Kier alpha value is -0.750. The van der Waals surface area contributed by atoms with Crippen LogP contribution in [0.3, 0.4) is 0 Å². The number of hydrogen-bond donors (Lipinski definition) is 1. The molecular weight excluding hydrogens is 218 g/mol. The molecule has 15 heavy (non-hydrogen) atoms. The Morgan fingerprint density at radius 3 is 2.87 bits per heavy atom. The van der Waals surface area contributed by atoms with E-state index >= 15 is 0 Å². The molecule has 1 fully saturated rings. The molecule has 5 nitrogen and oxygen atoms in total. The van der Waals surface area contributed by atoms with Gasteiger partial charge >= 0.3 is 5.97 Å². The third kappa shape index (κ3) is 4.09. The standard InChI is InChI=1S/C9H15NO4S/c1-2-14-8(11)5-15-6-3-7(9(12)13)10-4-6/h6-7,10H,2-5H2,1H3,(H,12,13)/p-1. The molecule has 0 saturated carbocycles. The molecule has 86 valence electrons. The third-order valence-electron chi connectivity index (χ3n) is 2.12. The normalized spacial score (nSPS) is 25.1. The molecule has 1 aliphatic heterocycles. The van der Waals surface area contributed by atoms with Gasteiger partial charge in [0.05, 0.1) is 18.3 Å². The second kappa shape index (κ2) is 5.97. The minimum Gasteiger partial charge on any atom is -0.548 e. The molecule has 0 aromatic carbocycles. The average Bonchev–Trinajstić information content (AvgIpc) is 2.63. The molecule has 1 aliphatic rings. The van der Waals surface area contributed by atoms with Crippen LogP contribution in [0.4, 0.5) is 0 Å². The summed E-state index contributed by atoms with van der Waals surface area (Å²) < 4.78 is 4.77. The minimum atomic E-state index is -1.07. The number of carboxylic acids is 1. The molecule has 0 radical (unpaired) electrons. The smallest absolute Gasteiger partial charge is 0.315 e. The predicted octanol–water partition coefficient (Wildman–Crippen LogP) is -1.24. The fourth-order valence-electron chi connectivity index (χ4n) is 1.40. The van der Waals surface area contributed by atoms with Gasteiger partial charge in [-0.2, -0.15) is 0 Å². The summed E-state index contributed by atoms with van der Waals surface area (Å²) in [4.78, 5) is 21.5. The van der Waals surface area contributed by atoms with Crippen LogP contribution in [-0.2, 0) is 14.3 Å². The molecule has 1 heterocycles. The molecule has 0 amide bonds. The second-order valence-corrected chi connectivity index (χ2v) is 4.54. The van der Waals surface area contributed by atoms with E-state index in [0.717, 1.165) is 0 Å². The first-order valence-corrected chi connectivity index (χ1v) is 5.89. The van der Waals surface area contributed by atoms with Gasteiger partial charge in [0.15, 0.2) is 0 Å². The Morgan fingerprint density at radius 2 is 2.33 bits per heavy atom. The van der Waals surface area contributed by atoms with Crippen molar-refractivity contribution in [3.8, 4) is 0 Å². The Kier molecular flexibility index (Phi) is 4.90. The van der Waals surface area contributed by atoms with Crippen LogP contribution in [0.25, 0.3) is 0 Å². The van der Waals surface area contributed by atoms with Gasteiger partial charge in [0.2, 0.25) is 0 Å². The molecule has 0 aliphatic carbocycles. The van der Waals surface area contributed by atoms with E-state index in [1.807, 2.05) is 0 Å². The monoisotopic (exact) mass is 232 g/mol. The molecule has 1 saturated heterocycles. The average molecular weight is 232 g/mol. The third-order valence-corrected chi connectivity index (χ3v) is 3.35. The first kappa shape index (κ1) is 12.3. The molecule has 0 aromatic heterocycles. The number of nitrogens with one attached hydrogen (secondary N) is 1. The van der Waals surface area contributed by atoms with Crippen molar-refractivity contribution in [1.29, 1.82) is 0 Å². The van der Waals surface area contributed by atoms with Gasteiger partial charge < -0.3 is 20.0 Å². The van der Waals surface area contributed by atoms with E-state index in [9.17, 15) is 14.7 Å². The van der Waals surface area contributed by atoms with Crippen LogP contribution in [-0.4, -0.2) is 42.1 Å². The lowest BCUT2D eigenvalue weighted by Crippen LogP contribution is -2.41. The summed E-state index contributed by atoms with van der Waals surface area (Å²) in [6.07, 6.45) is 0.506. The van der Waals surface area contributed by atoms with Gasteiger partial charge in [0.25, 0.3) is 0 Å². The van der Waals surface area contributed by atoms with E-state index in [0.29, 0.717) is 19.6 Å². The first-order chi connectivity index (χ1) is 7.13. The van der Waals surface area contributed by atoms with Crippen LogP contribution in [0, 0.1) is 0 Å². The van der Waals surface area contributed by atoms with Crippen LogP contribution in [0.2, 0.25) is 0 Å². The van der Waals surface area contributed by atoms with Crippen molar-refractivity contribution < 1.29 is 19.4 Å². The van der Waals surface area contributed by atoms with Crippen molar-refractivity contribution in [2.24, 2.45) is 0 Å². The van der Waals surface area contributed by atoms with Gasteiger partial charge in [-0.15, -0.1) is 11.8 Å². The quantitative estimate of drug-likeness (QED) is 0.598. The molecule has 0 bridgehead atoms. The van der Waals surface area contributed by atoms with E-state index in [-0.39, 0.29) is 17.0 Å². The van der Waals surface area contributed by atoms with Crippen LogP contribution in [0.5, 0.6) is 0 Å². The number of rotatable bonds is 5. The Labute approximate surface area is 92.6 Å². The van der Waals surface area contributed by atoms with Gasteiger partial charge in [0, 0.05) is 17.8 Å².